The maximum absolute atomic E-state index is 9.74. The number of aromatic nitrogens is 3. The predicted molar refractivity (Wildman–Crippen MR) is 155 cm³/mol. The van der Waals surface area contributed by atoms with Crippen molar-refractivity contribution in [2.45, 2.75) is 36.7 Å². The molecule has 4 rings (SSSR count). The number of unbranched alkanes of at least 4 members (excludes halogenated alkanes) is 1. The monoisotopic (exact) mass is 530 g/mol. The fraction of sp³-hybridized carbons (Fsp3) is 0.276. The summed E-state index contributed by atoms with van der Waals surface area (Å²) in [5, 5.41) is 15.5. The maximum atomic E-state index is 9.74. The van der Waals surface area contributed by atoms with Gasteiger partial charge in [0.05, 0.1) is 21.8 Å². The van der Waals surface area contributed by atoms with Crippen LogP contribution in [-0.2, 0) is 7.05 Å². The lowest BCUT2D eigenvalue weighted by Gasteiger charge is -2.16. The highest BCUT2D eigenvalue weighted by atomic mass is 35.5. The molecule has 0 bridgehead atoms. The number of anilines is 2. The molecule has 0 saturated heterocycles. The standard InChI is InChI=1S/C29H31ClN6S/c1-4-36(5-2)15-8-6-7-9-21-10-12-24-26(17-21)33-20-22(19-31)28(24)34-23-11-13-27(25(30)18-23)37-29-32-14-16-35(29)3/h7,9-14,16-18,20H,4-6,8,15H2,1-3H3,(H,33,34). The van der Waals surface area contributed by atoms with Gasteiger partial charge < -0.3 is 14.8 Å². The first-order valence-electron chi connectivity index (χ1n) is 12.5. The van der Waals surface area contributed by atoms with Crippen molar-refractivity contribution >= 4 is 51.7 Å². The Morgan fingerprint density at radius 2 is 2.00 bits per heavy atom. The summed E-state index contributed by atoms with van der Waals surface area (Å²) in [5.74, 6) is 0. The largest absolute Gasteiger partial charge is 0.354 e. The van der Waals surface area contributed by atoms with Gasteiger partial charge in [-0.25, -0.2) is 4.98 Å². The van der Waals surface area contributed by atoms with E-state index in [4.69, 9.17) is 11.6 Å². The Hall–Kier alpha value is -3.31. The molecule has 2 heterocycles. The Labute approximate surface area is 228 Å². The molecule has 0 aliphatic rings. The number of fused-ring (bicyclic) bond motifs is 1. The molecule has 0 atom stereocenters. The first-order valence-corrected chi connectivity index (χ1v) is 13.6. The van der Waals surface area contributed by atoms with E-state index in [0.29, 0.717) is 10.6 Å². The zero-order valence-corrected chi connectivity index (χ0v) is 23.0. The molecule has 0 aliphatic heterocycles. The minimum atomic E-state index is 0.481. The van der Waals surface area contributed by atoms with Crippen LogP contribution in [0.2, 0.25) is 5.02 Å². The van der Waals surface area contributed by atoms with Crippen LogP contribution in [0.1, 0.15) is 37.8 Å². The molecular weight excluding hydrogens is 500 g/mol. The molecule has 2 aromatic carbocycles. The fourth-order valence-corrected chi connectivity index (χ4v) is 5.18. The van der Waals surface area contributed by atoms with Crippen molar-refractivity contribution in [3.63, 3.8) is 0 Å². The van der Waals surface area contributed by atoms with Crippen molar-refractivity contribution in [2.75, 3.05) is 25.0 Å². The summed E-state index contributed by atoms with van der Waals surface area (Å²) < 4.78 is 1.95. The molecular formula is C29H31ClN6S. The van der Waals surface area contributed by atoms with E-state index >= 15 is 0 Å². The third-order valence-electron chi connectivity index (χ3n) is 6.24. The van der Waals surface area contributed by atoms with Crippen molar-refractivity contribution in [3.05, 3.63) is 77.2 Å². The number of allylic oxidation sites excluding steroid dienone is 1. The van der Waals surface area contributed by atoms with Crippen LogP contribution in [0.15, 0.2) is 71.1 Å². The normalized spacial score (nSPS) is 11.5. The van der Waals surface area contributed by atoms with E-state index in [1.165, 1.54) is 11.8 Å². The second kappa shape index (κ2) is 12.8. The van der Waals surface area contributed by atoms with Crippen LogP contribution >= 0.6 is 23.4 Å². The van der Waals surface area contributed by atoms with E-state index in [-0.39, 0.29) is 0 Å². The van der Waals surface area contributed by atoms with Gasteiger partial charge >= 0.3 is 0 Å². The molecule has 4 aromatic rings. The molecule has 8 heteroatoms. The molecule has 190 valence electrons. The molecule has 0 radical (unpaired) electrons. The molecule has 0 saturated carbocycles. The van der Waals surface area contributed by atoms with Gasteiger partial charge in [-0.15, -0.1) is 0 Å². The van der Waals surface area contributed by atoms with Gasteiger partial charge in [0, 0.05) is 41.6 Å². The number of nitrogens with one attached hydrogen (secondary N) is 1. The number of imidazole rings is 1. The van der Waals surface area contributed by atoms with Gasteiger partial charge in [0.25, 0.3) is 0 Å². The molecule has 6 nitrogen and oxygen atoms in total. The van der Waals surface area contributed by atoms with Crippen LogP contribution in [0.4, 0.5) is 11.4 Å². The van der Waals surface area contributed by atoms with Gasteiger partial charge in [-0.3, -0.25) is 4.98 Å². The van der Waals surface area contributed by atoms with Crippen LogP contribution in [0.25, 0.3) is 17.0 Å². The zero-order valence-electron chi connectivity index (χ0n) is 21.4. The number of hydrogen-bond donors (Lipinski definition) is 1. The van der Waals surface area contributed by atoms with Crippen molar-refractivity contribution in [2.24, 2.45) is 7.05 Å². The van der Waals surface area contributed by atoms with Crippen LogP contribution in [0.5, 0.6) is 0 Å². The van der Waals surface area contributed by atoms with Crippen molar-refractivity contribution in [3.8, 4) is 6.07 Å². The Morgan fingerprint density at radius 1 is 1.16 bits per heavy atom. The smallest absolute Gasteiger partial charge is 0.172 e. The molecule has 0 amide bonds. The second-order valence-electron chi connectivity index (χ2n) is 8.70. The molecule has 0 spiro atoms. The lowest BCUT2D eigenvalue weighted by atomic mass is 10.1. The minimum Gasteiger partial charge on any atom is -0.354 e. The van der Waals surface area contributed by atoms with Gasteiger partial charge in [0.15, 0.2) is 5.16 Å². The first kappa shape index (κ1) is 26.7. The highest BCUT2D eigenvalue weighted by molar-refractivity contribution is 7.99. The highest BCUT2D eigenvalue weighted by Gasteiger charge is 2.12. The Kier molecular flexibility index (Phi) is 9.24. The van der Waals surface area contributed by atoms with Gasteiger partial charge in [0.2, 0.25) is 0 Å². The number of nitriles is 1. The number of pyridine rings is 1. The SMILES string of the molecule is CCN(CC)CCCC=Cc1ccc2c(Nc3ccc(Sc4nccn4C)c(Cl)c3)c(C#N)cnc2c1. The van der Waals surface area contributed by atoms with Gasteiger partial charge in [-0.2, -0.15) is 5.26 Å². The number of hydrogen-bond acceptors (Lipinski definition) is 6. The van der Waals surface area contributed by atoms with Gasteiger partial charge in [-0.05, 0) is 62.3 Å². The molecule has 2 aromatic heterocycles. The third-order valence-corrected chi connectivity index (χ3v) is 7.82. The lowest BCUT2D eigenvalue weighted by molar-refractivity contribution is 0.301. The van der Waals surface area contributed by atoms with Crippen LogP contribution in [-0.4, -0.2) is 39.1 Å². The average molecular weight is 531 g/mol. The Morgan fingerprint density at radius 3 is 2.70 bits per heavy atom. The van der Waals surface area contributed by atoms with Crippen molar-refractivity contribution in [1.29, 1.82) is 5.26 Å². The summed E-state index contributed by atoms with van der Waals surface area (Å²) in [6.07, 6.45) is 11.8. The number of nitrogens with zero attached hydrogens (tertiary/aromatic N) is 5. The minimum absolute atomic E-state index is 0.481. The molecule has 0 aliphatic carbocycles. The zero-order chi connectivity index (χ0) is 26.2. The Bertz CT molecular complexity index is 1430. The highest BCUT2D eigenvalue weighted by Crippen LogP contribution is 2.36. The van der Waals surface area contributed by atoms with E-state index in [0.717, 1.165) is 70.4 Å². The number of rotatable bonds is 11. The average Bonchev–Trinajstić information content (AvgIpc) is 3.32. The maximum Gasteiger partial charge on any atom is 0.172 e. The van der Waals surface area contributed by atoms with Gasteiger partial charge in [0.1, 0.15) is 6.07 Å². The fourth-order valence-electron chi connectivity index (χ4n) is 4.08. The summed E-state index contributed by atoms with van der Waals surface area (Å²) >= 11 is 8.10. The number of aryl methyl sites for hydroxylation is 1. The van der Waals surface area contributed by atoms with E-state index in [9.17, 15) is 5.26 Å². The third kappa shape index (κ3) is 6.72. The van der Waals surface area contributed by atoms with E-state index in [1.807, 2.05) is 42.1 Å². The molecule has 0 fully saturated rings. The van der Waals surface area contributed by atoms with Gasteiger partial charge in [-0.1, -0.05) is 61.5 Å². The summed E-state index contributed by atoms with van der Waals surface area (Å²) in [6, 6.07) is 14.2. The van der Waals surface area contributed by atoms with E-state index < -0.39 is 0 Å². The molecule has 37 heavy (non-hydrogen) atoms. The van der Waals surface area contributed by atoms with Crippen molar-refractivity contribution < 1.29 is 0 Å². The quantitative estimate of drug-likeness (QED) is 0.202. The predicted octanol–water partition coefficient (Wildman–Crippen LogP) is 7.52. The van der Waals surface area contributed by atoms with Crippen molar-refractivity contribution in [1.82, 2.24) is 19.4 Å². The first-order chi connectivity index (χ1) is 18.0. The summed E-state index contributed by atoms with van der Waals surface area (Å²) in [5.41, 5.74) is 3.94. The molecule has 0 unspecified atom stereocenters. The Balaban J connectivity index is 1.51. The van der Waals surface area contributed by atoms with Crippen LogP contribution < -0.4 is 5.32 Å². The summed E-state index contributed by atoms with van der Waals surface area (Å²) in [4.78, 5) is 12.2. The summed E-state index contributed by atoms with van der Waals surface area (Å²) in [6.45, 7) is 7.72. The van der Waals surface area contributed by atoms with E-state index in [2.05, 4.69) is 64.4 Å². The molecule has 1 N–H and O–H groups in total. The van der Waals surface area contributed by atoms with E-state index in [1.54, 1.807) is 12.4 Å². The summed E-state index contributed by atoms with van der Waals surface area (Å²) in [7, 11) is 1.95. The van der Waals surface area contributed by atoms with Crippen LogP contribution in [0.3, 0.4) is 0 Å². The second-order valence-corrected chi connectivity index (χ2v) is 10.1. The van der Waals surface area contributed by atoms with Crippen LogP contribution in [0, 0.1) is 11.3 Å². The number of halogens is 1. The topological polar surface area (TPSA) is 69.8 Å². The lowest BCUT2D eigenvalue weighted by Crippen LogP contribution is -2.23. The number of benzene rings is 2.